The highest BCUT2D eigenvalue weighted by atomic mass is 16.4. The van der Waals surface area contributed by atoms with Crippen molar-refractivity contribution in [3.05, 3.63) is 0 Å². The van der Waals surface area contributed by atoms with Gasteiger partial charge in [-0.3, -0.25) is 9.59 Å². The number of aliphatic carboxylic acids is 3. The third kappa shape index (κ3) is 9.99. The van der Waals surface area contributed by atoms with Crippen LogP contribution in [-0.4, -0.2) is 82.3 Å². The maximum absolute atomic E-state index is 12.1. The lowest BCUT2D eigenvalue weighted by atomic mass is 10.1. The van der Waals surface area contributed by atoms with Crippen LogP contribution in [0.15, 0.2) is 0 Å². The van der Waals surface area contributed by atoms with Crippen LogP contribution in [0.25, 0.3) is 0 Å². The topological polar surface area (TPSA) is 199 Å². The molecule has 0 aliphatic rings. The lowest BCUT2D eigenvalue weighted by Gasteiger charge is -2.26. The van der Waals surface area contributed by atoms with Crippen molar-refractivity contribution >= 4 is 29.8 Å². The third-order valence-corrected chi connectivity index (χ3v) is 3.73. The molecule has 0 saturated carbocycles. The predicted octanol–water partition coefficient (Wildman–Crippen LogP) is -1.36. The van der Waals surface area contributed by atoms with Crippen LogP contribution in [0, 0.1) is 0 Å². The van der Waals surface area contributed by atoms with Gasteiger partial charge >= 0.3 is 23.9 Å². The fourth-order valence-electron chi connectivity index (χ4n) is 2.16. The number of carboxylic acids is 3. The molecule has 27 heavy (non-hydrogen) atoms. The van der Waals surface area contributed by atoms with Crippen LogP contribution >= 0.6 is 0 Å². The summed E-state index contributed by atoms with van der Waals surface area (Å²) in [6.45, 7) is 0.168. The normalized spacial score (nSPS) is 12.5. The Hall–Kier alpha value is -2.89. The number of rotatable bonds is 13. The van der Waals surface area contributed by atoms with Crippen LogP contribution in [0.1, 0.15) is 32.1 Å². The molecule has 0 bridgehead atoms. The van der Waals surface area contributed by atoms with Gasteiger partial charge in [0.2, 0.25) is 5.91 Å². The number of carboxylic acid groups (broad SMARTS) is 3. The molecule has 12 nitrogen and oxygen atoms in total. The Bertz CT molecular complexity index is 554. The number of nitrogens with two attached hydrogens (primary N) is 1. The second-order valence-corrected chi connectivity index (χ2v) is 5.79. The standard InChI is InChI=1S/C15H26N4O8/c1-19(15(27)18-9(13(23)24)5-6-12(21)22)10(14(25)26)4-2-3-7-17-11(20)8-16/h9-10H,2-8,16H2,1H3,(H,17,20)(H,18,27)(H,21,22)(H,23,24)(H,25,26)/t9-,10-/m0/s1. The van der Waals surface area contributed by atoms with E-state index in [2.05, 4.69) is 10.6 Å². The summed E-state index contributed by atoms with van der Waals surface area (Å²) in [5.41, 5.74) is 5.13. The molecule has 0 aliphatic carbocycles. The van der Waals surface area contributed by atoms with Crippen molar-refractivity contribution in [2.24, 2.45) is 5.73 Å². The summed E-state index contributed by atoms with van der Waals surface area (Å²) in [5.74, 6) is -4.23. The van der Waals surface area contributed by atoms with E-state index in [1.807, 2.05) is 0 Å². The first-order valence-electron chi connectivity index (χ1n) is 8.27. The highest BCUT2D eigenvalue weighted by Crippen LogP contribution is 2.09. The van der Waals surface area contributed by atoms with Gasteiger partial charge in [0, 0.05) is 20.0 Å². The van der Waals surface area contributed by atoms with E-state index in [0.29, 0.717) is 19.4 Å². The number of hydrogen-bond donors (Lipinski definition) is 6. The Morgan fingerprint density at radius 3 is 2.11 bits per heavy atom. The number of likely N-dealkylation sites (N-methyl/N-ethyl adjacent to an activating group) is 1. The van der Waals surface area contributed by atoms with Gasteiger partial charge in [-0.25, -0.2) is 14.4 Å². The monoisotopic (exact) mass is 390 g/mol. The SMILES string of the molecule is CN(C(=O)N[C@@H](CCC(=O)O)C(=O)O)[C@@H](CCCCNC(=O)CN)C(=O)O. The first-order chi connectivity index (χ1) is 12.6. The van der Waals surface area contributed by atoms with Gasteiger partial charge in [0.05, 0.1) is 6.54 Å². The average molecular weight is 390 g/mol. The van der Waals surface area contributed by atoms with Gasteiger partial charge in [-0.05, 0) is 25.7 Å². The Balaban J connectivity index is 4.64. The molecule has 0 radical (unpaired) electrons. The molecular formula is C15H26N4O8. The minimum absolute atomic E-state index is 0.0879. The summed E-state index contributed by atoms with van der Waals surface area (Å²) in [5, 5.41) is 31.6. The van der Waals surface area contributed by atoms with E-state index >= 15 is 0 Å². The van der Waals surface area contributed by atoms with Gasteiger partial charge in [-0.1, -0.05) is 0 Å². The first-order valence-corrected chi connectivity index (χ1v) is 8.27. The summed E-state index contributed by atoms with van der Waals surface area (Å²) < 4.78 is 0. The van der Waals surface area contributed by atoms with Crippen molar-refractivity contribution in [2.45, 2.75) is 44.2 Å². The fourth-order valence-corrected chi connectivity index (χ4v) is 2.16. The molecular weight excluding hydrogens is 364 g/mol. The van der Waals surface area contributed by atoms with Crippen LogP contribution in [0.5, 0.6) is 0 Å². The van der Waals surface area contributed by atoms with E-state index in [1.165, 1.54) is 7.05 Å². The summed E-state index contributed by atoms with van der Waals surface area (Å²) in [7, 11) is 1.21. The fraction of sp³-hybridized carbons (Fsp3) is 0.667. The third-order valence-electron chi connectivity index (χ3n) is 3.73. The molecule has 0 saturated heterocycles. The Labute approximate surface area is 155 Å². The maximum Gasteiger partial charge on any atom is 0.326 e. The Morgan fingerprint density at radius 2 is 1.63 bits per heavy atom. The molecule has 0 rings (SSSR count). The zero-order valence-corrected chi connectivity index (χ0v) is 15.0. The van der Waals surface area contributed by atoms with Gasteiger partial charge in [0.25, 0.3) is 0 Å². The highest BCUT2D eigenvalue weighted by Gasteiger charge is 2.29. The smallest absolute Gasteiger partial charge is 0.326 e. The number of urea groups is 1. The number of nitrogens with one attached hydrogen (secondary N) is 2. The molecule has 0 aromatic heterocycles. The Morgan fingerprint density at radius 1 is 1.00 bits per heavy atom. The first kappa shape index (κ1) is 24.1. The number of hydrogen-bond acceptors (Lipinski definition) is 6. The van der Waals surface area contributed by atoms with E-state index in [1.54, 1.807) is 0 Å². The van der Waals surface area contributed by atoms with E-state index in [9.17, 15) is 29.1 Å². The van der Waals surface area contributed by atoms with E-state index < -0.39 is 42.4 Å². The summed E-state index contributed by atoms with van der Waals surface area (Å²) in [6.07, 6.45) is 0.160. The van der Waals surface area contributed by atoms with Gasteiger partial charge < -0.3 is 36.6 Å². The number of carbonyl (C=O) groups excluding carboxylic acids is 2. The molecule has 0 aliphatic heterocycles. The highest BCUT2D eigenvalue weighted by molar-refractivity contribution is 5.86. The minimum atomic E-state index is -1.45. The molecule has 0 aromatic rings. The van der Waals surface area contributed by atoms with Crippen LogP contribution < -0.4 is 16.4 Å². The van der Waals surface area contributed by atoms with Crippen molar-refractivity contribution in [2.75, 3.05) is 20.1 Å². The number of amides is 3. The van der Waals surface area contributed by atoms with Crippen LogP contribution in [-0.2, 0) is 19.2 Å². The van der Waals surface area contributed by atoms with E-state index in [0.717, 1.165) is 4.90 Å². The summed E-state index contributed by atoms with van der Waals surface area (Å²) in [6, 6.07) is -3.59. The Kier molecular flexibility index (Phi) is 11.1. The quantitative estimate of drug-likeness (QED) is 0.206. The van der Waals surface area contributed by atoms with E-state index in [4.69, 9.17) is 15.9 Å². The van der Waals surface area contributed by atoms with Crippen LogP contribution in [0.4, 0.5) is 4.79 Å². The maximum atomic E-state index is 12.1. The lowest BCUT2D eigenvalue weighted by Crippen LogP contribution is -2.52. The molecule has 0 spiro atoms. The summed E-state index contributed by atoms with van der Waals surface area (Å²) in [4.78, 5) is 57.0. The predicted molar refractivity (Wildman–Crippen MR) is 91.9 cm³/mol. The molecule has 2 atom stereocenters. The molecule has 0 unspecified atom stereocenters. The van der Waals surface area contributed by atoms with Gasteiger partial charge in [-0.15, -0.1) is 0 Å². The van der Waals surface area contributed by atoms with E-state index in [-0.39, 0.29) is 25.3 Å². The van der Waals surface area contributed by atoms with Gasteiger partial charge in [0.1, 0.15) is 12.1 Å². The molecule has 12 heteroatoms. The largest absolute Gasteiger partial charge is 0.481 e. The number of unbranched alkanes of at least 4 members (excludes halogenated alkanes) is 1. The number of carbonyl (C=O) groups is 5. The zero-order valence-electron chi connectivity index (χ0n) is 15.0. The summed E-state index contributed by atoms with van der Waals surface area (Å²) >= 11 is 0. The molecule has 0 fully saturated rings. The minimum Gasteiger partial charge on any atom is -0.481 e. The second kappa shape index (κ2) is 12.5. The average Bonchev–Trinajstić information content (AvgIpc) is 2.59. The lowest BCUT2D eigenvalue weighted by molar-refractivity contribution is -0.142. The van der Waals surface area contributed by atoms with Gasteiger partial charge in [-0.2, -0.15) is 0 Å². The zero-order chi connectivity index (χ0) is 21.0. The van der Waals surface area contributed by atoms with Crippen molar-refractivity contribution < 1.29 is 39.3 Å². The van der Waals surface area contributed by atoms with Crippen molar-refractivity contribution in [3.63, 3.8) is 0 Å². The van der Waals surface area contributed by atoms with Crippen LogP contribution in [0.3, 0.4) is 0 Å². The molecule has 3 amide bonds. The number of nitrogens with zero attached hydrogens (tertiary/aromatic N) is 1. The van der Waals surface area contributed by atoms with Crippen molar-refractivity contribution in [3.8, 4) is 0 Å². The van der Waals surface area contributed by atoms with Gasteiger partial charge in [0.15, 0.2) is 0 Å². The second-order valence-electron chi connectivity index (χ2n) is 5.79. The molecule has 0 heterocycles. The molecule has 154 valence electrons. The van der Waals surface area contributed by atoms with Crippen molar-refractivity contribution in [1.29, 1.82) is 0 Å². The van der Waals surface area contributed by atoms with Crippen LogP contribution in [0.2, 0.25) is 0 Å². The molecule has 0 aromatic carbocycles. The molecule has 7 N–H and O–H groups in total. The van der Waals surface area contributed by atoms with Crippen molar-refractivity contribution in [1.82, 2.24) is 15.5 Å².